The van der Waals surface area contributed by atoms with Crippen molar-refractivity contribution < 1.29 is 23.7 Å². The summed E-state index contributed by atoms with van der Waals surface area (Å²) in [5.74, 6) is 1.86. The molecule has 1 spiro atoms. The van der Waals surface area contributed by atoms with E-state index in [4.69, 9.17) is 28.9 Å². The number of para-hydroxylation sites is 1. The molecule has 1 unspecified atom stereocenters. The maximum absolute atomic E-state index is 12.4. The summed E-state index contributed by atoms with van der Waals surface area (Å²) in [6, 6.07) is 10.4. The molecule has 1 saturated carbocycles. The molecule has 52 heavy (non-hydrogen) atoms. The van der Waals surface area contributed by atoms with Crippen molar-refractivity contribution in [2.45, 2.75) is 76.5 Å². The summed E-state index contributed by atoms with van der Waals surface area (Å²) < 4.78 is 22.3. The molecule has 6 heterocycles. The normalized spacial score (nSPS) is 20.8. The van der Waals surface area contributed by atoms with E-state index in [2.05, 4.69) is 31.0 Å². The minimum atomic E-state index is -0.448. The van der Waals surface area contributed by atoms with Crippen molar-refractivity contribution in [1.82, 2.24) is 34.9 Å². The van der Waals surface area contributed by atoms with Gasteiger partial charge in [0.2, 0.25) is 5.95 Å². The molecule has 1 N–H and O–H groups in total. The van der Waals surface area contributed by atoms with Crippen LogP contribution in [-0.4, -0.2) is 113 Å². The van der Waals surface area contributed by atoms with Crippen molar-refractivity contribution in [3.63, 3.8) is 0 Å². The second-order valence-electron chi connectivity index (χ2n) is 16.0. The second kappa shape index (κ2) is 13.9. The van der Waals surface area contributed by atoms with Crippen LogP contribution in [-0.2, 0) is 20.6 Å². The lowest BCUT2D eigenvalue weighted by Crippen LogP contribution is -2.68. The number of carbonyl (C=O) groups is 1. The summed E-state index contributed by atoms with van der Waals surface area (Å²) in [6.07, 6.45) is 9.27. The number of hydrogen-bond donors (Lipinski definition) is 1. The van der Waals surface area contributed by atoms with Gasteiger partial charge in [0.05, 0.1) is 18.3 Å². The van der Waals surface area contributed by atoms with Crippen molar-refractivity contribution in [3.05, 3.63) is 59.5 Å². The standard InChI is InChI=1S/C39H50N8O5/c1-38(2,3)52-37(48)46-22-39(23-46)17-27(18-39)45-13-10-25(11-14-45)26-19-40-36(41-20-26)47-15-12-30-34(32(47)21-49-4)29-16-31(43-44-35(29)42-30)28-8-6-7-9-33(28)51-24-50-5/h6-9,16,19-20,25,27,32H,10-15,17-18,21-24H2,1-5H3,(H,42,44). The molecule has 3 aromatic heterocycles. The van der Waals surface area contributed by atoms with E-state index in [0.717, 1.165) is 85.5 Å². The lowest BCUT2D eigenvalue weighted by Gasteiger charge is -2.61. The van der Waals surface area contributed by atoms with Gasteiger partial charge in [0.25, 0.3) is 0 Å². The van der Waals surface area contributed by atoms with Gasteiger partial charge >= 0.3 is 6.09 Å². The van der Waals surface area contributed by atoms with Gasteiger partial charge in [-0.3, -0.25) is 0 Å². The van der Waals surface area contributed by atoms with Gasteiger partial charge in [-0.05, 0) is 89.2 Å². The Kier molecular flexibility index (Phi) is 9.29. The monoisotopic (exact) mass is 710 g/mol. The molecule has 0 radical (unpaired) electrons. The average molecular weight is 711 g/mol. The number of methoxy groups -OCH3 is 2. The van der Waals surface area contributed by atoms with Gasteiger partial charge in [0, 0.05) is 86.3 Å². The maximum Gasteiger partial charge on any atom is 0.410 e. The molecule has 1 amide bonds. The quantitative estimate of drug-likeness (QED) is 0.214. The molecular weight excluding hydrogens is 660 g/mol. The molecule has 4 aromatic rings. The minimum absolute atomic E-state index is 0.0914. The van der Waals surface area contributed by atoms with Crippen molar-refractivity contribution in [2.75, 3.05) is 65.2 Å². The fraction of sp³-hybridized carbons (Fsp3) is 0.564. The Morgan fingerprint density at radius 1 is 1.00 bits per heavy atom. The lowest BCUT2D eigenvalue weighted by atomic mass is 9.60. The topological polar surface area (TPSA) is 131 Å². The molecule has 0 bridgehead atoms. The lowest BCUT2D eigenvalue weighted by molar-refractivity contribution is -0.110. The maximum atomic E-state index is 12.4. The summed E-state index contributed by atoms with van der Waals surface area (Å²) in [4.78, 5) is 32.6. The largest absolute Gasteiger partial charge is 0.467 e. The highest BCUT2D eigenvalue weighted by Crippen LogP contribution is 2.51. The first-order valence-corrected chi connectivity index (χ1v) is 18.5. The first-order chi connectivity index (χ1) is 25.1. The van der Waals surface area contributed by atoms with Crippen molar-refractivity contribution in [3.8, 4) is 17.0 Å². The number of piperidine rings is 1. The fourth-order valence-corrected chi connectivity index (χ4v) is 8.78. The third kappa shape index (κ3) is 6.69. The molecule has 3 fully saturated rings. The Balaban J connectivity index is 0.914. The highest BCUT2D eigenvalue weighted by Gasteiger charge is 2.55. The average Bonchev–Trinajstić information content (AvgIpc) is 3.48. The van der Waals surface area contributed by atoms with Crippen LogP contribution in [0.4, 0.5) is 10.7 Å². The predicted molar refractivity (Wildman–Crippen MR) is 196 cm³/mol. The van der Waals surface area contributed by atoms with E-state index in [9.17, 15) is 4.79 Å². The minimum Gasteiger partial charge on any atom is -0.467 e. The van der Waals surface area contributed by atoms with E-state index in [-0.39, 0.29) is 18.9 Å². The van der Waals surface area contributed by atoms with Crippen molar-refractivity contribution in [1.29, 1.82) is 0 Å². The number of amides is 1. The van der Waals surface area contributed by atoms with E-state index >= 15 is 0 Å². The van der Waals surface area contributed by atoms with Crippen LogP contribution in [0.5, 0.6) is 5.75 Å². The van der Waals surface area contributed by atoms with Gasteiger partial charge in [-0.1, -0.05) is 12.1 Å². The van der Waals surface area contributed by atoms with Gasteiger partial charge in [0.15, 0.2) is 12.4 Å². The van der Waals surface area contributed by atoms with Crippen LogP contribution in [0.15, 0.2) is 42.7 Å². The molecule has 4 aliphatic rings. The Bertz CT molecular complexity index is 1890. The summed E-state index contributed by atoms with van der Waals surface area (Å²) in [5.41, 5.74) is 5.68. The smallest absolute Gasteiger partial charge is 0.410 e. The van der Waals surface area contributed by atoms with E-state index in [1.54, 1.807) is 14.2 Å². The highest BCUT2D eigenvalue weighted by atomic mass is 16.7. The molecule has 1 aliphatic carbocycles. The SMILES string of the molecule is COCOc1ccccc1-c1cc2c3c([nH]c2nn1)CCN(c1ncc(C2CCN(C4CC5(C4)CN(C(=O)OC(C)(C)C)C5)CC2)cn1)C3COC. The Labute approximate surface area is 305 Å². The zero-order valence-corrected chi connectivity index (χ0v) is 30.9. The van der Waals surface area contributed by atoms with Crippen molar-refractivity contribution in [2.24, 2.45) is 5.41 Å². The molecule has 2 saturated heterocycles. The van der Waals surface area contributed by atoms with Crippen LogP contribution in [0.3, 0.4) is 0 Å². The number of carbonyl (C=O) groups excluding carboxylic acids is 1. The zero-order chi connectivity index (χ0) is 36.0. The molecule has 8 rings (SSSR count). The van der Waals surface area contributed by atoms with Crippen LogP contribution in [0.1, 0.15) is 75.2 Å². The van der Waals surface area contributed by atoms with Crippen LogP contribution >= 0.6 is 0 Å². The molecular formula is C39H50N8O5. The number of anilines is 1. The fourth-order valence-electron chi connectivity index (χ4n) is 8.78. The molecule has 3 aliphatic heterocycles. The molecule has 13 heteroatoms. The number of ether oxygens (including phenoxy) is 4. The number of aromatic amines is 1. The van der Waals surface area contributed by atoms with Gasteiger partial charge in [-0.25, -0.2) is 14.8 Å². The van der Waals surface area contributed by atoms with Crippen molar-refractivity contribution >= 4 is 23.1 Å². The number of aromatic nitrogens is 5. The zero-order valence-electron chi connectivity index (χ0n) is 30.9. The van der Waals surface area contributed by atoms with Gasteiger partial charge in [0.1, 0.15) is 11.4 Å². The third-order valence-electron chi connectivity index (χ3n) is 11.3. The molecule has 1 aromatic carbocycles. The highest BCUT2D eigenvalue weighted by molar-refractivity contribution is 5.86. The Hall–Kier alpha value is -4.33. The summed E-state index contributed by atoms with van der Waals surface area (Å²) in [6.45, 7) is 11.0. The molecule has 1 atom stereocenters. The summed E-state index contributed by atoms with van der Waals surface area (Å²) in [5, 5.41) is 10.2. The number of benzene rings is 1. The van der Waals surface area contributed by atoms with E-state index in [1.807, 2.05) is 62.3 Å². The van der Waals surface area contributed by atoms with Crippen LogP contribution < -0.4 is 9.64 Å². The first kappa shape index (κ1) is 34.7. The van der Waals surface area contributed by atoms with E-state index in [0.29, 0.717) is 35.7 Å². The Morgan fingerprint density at radius 2 is 1.75 bits per heavy atom. The number of fused-ring (bicyclic) bond motifs is 3. The van der Waals surface area contributed by atoms with Gasteiger partial charge < -0.3 is 38.6 Å². The van der Waals surface area contributed by atoms with E-state index in [1.165, 1.54) is 18.4 Å². The number of rotatable bonds is 9. The second-order valence-corrected chi connectivity index (χ2v) is 16.0. The van der Waals surface area contributed by atoms with E-state index < -0.39 is 5.60 Å². The number of H-pyrrole nitrogens is 1. The predicted octanol–water partition coefficient (Wildman–Crippen LogP) is 5.73. The van der Waals surface area contributed by atoms with Crippen LogP contribution in [0.25, 0.3) is 22.3 Å². The van der Waals surface area contributed by atoms with Crippen LogP contribution in [0, 0.1) is 5.41 Å². The number of likely N-dealkylation sites (tertiary alicyclic amines) is 2. The van der Waals surface area contributed by atoms with Crippen LogP contribution in [0.2, 0.25) is 0 Å². The third-order valence-corrected chi connectivity index (χ3v) is 11.3. The molecule has 13 nitrogen and oxygen atoms in total. The Morgan fingerprint density at radius 3 is 2.46 bits per heavy atom. The number of nitrogens with zero attached hydrogens (tertiary/aromatic N) is 7. The first-order valence-electron chi connectivity index (χ1n) is 18.5. The summed E-state index contributed by atoms with van der Waals surface area (Å²) >= 11 is 0. The summed E-state index contributed by atoms with van der Waals surface area (Å²) in [7, 11) is 3.34. The van der Waals surface area contributed by atoms with Gasteiger partial charge in [-0.15, -0.1) is 10.2 Å². The molecule has 276 valence electrons. The number of hydrogen-bond acceptors (Lipinski definition) is 11. The van der Waals surface area contributed by atoms with Gasteiger partial charge in [-0.2, -0.15) is 0 Å². The number of nitrogens with one attached hydrogen (secondary N) is 1.